The number of rotatable bonds is 6. The SMILES string of the molecule is O=C(Nc1c(F)cc(F)cc1F)c1cc2c(o1)-c1ccccc1N(C(=O)c1ccc(NC(=O)c3cc4c(nc3N3CC5(CCOCC5)C3)CCC4)cc1)CC2. The zero-order valence-electron chi connectivity index (χ0n) is 29.7. The highest BCUT2D eigenvalue weighted by molar-refractivity contribution is 6.10. The van der Waals surface area contributed by atoms with Crippen molar-refractivity contribution in [1.82, 2.24) is 4.98 Å². The number of para-hydroxylation sites is 1. The van der Waals surface area contributed by atoms with Crippen molar-refractivity contribution < 1.29 is 36.7 Å². The number of anilines is 4. The molecule has 2 saturated heterocycles. The zero-order valence-corrected chi connectivity index (χ0v) is 29.7. The van der Waals surface area contributed by atoms with Gasteiger partial charge in [0.05, 0.1) is 11.3 Å². The molecule has 5 aromatic rings. The molecule has 4 aliphatic rings. The molecule has 5 heterocycles. The van der Waals surface area contributed by atoms with Crippen LogP contribution in [-0.4, -0.2) is 55.6 Å². The molecular weight excluding hydrogens is 711 g/mol. The number of fused-ring (bicyclic) bond motifs is 4. The topological polar surface area (TPSA) is 117 Å². The summed E-state index contributed by atoms with van der Waals surface area (Å²) < 4.78 is 53.4. The number of hydrogen-bond donors (Lipinski definition) is 2. The first-order valence-electron chi connectivity index (χ1n) is 18.4. The Morgan fingerprint density at radius 1 is 0.800 bits per heavy atom. The second kappa shape index (κ2) is 13.7. The molecule has 280 valence electrons. The van der Waals surface area contributed by atoms with Gasteiger partial charge in [-0.15, -0.1) is 0 Å². The van der Waals surface area contributed by atoms with Crippen LogP contribution in [0.15, 0.2) is 77.2 Å². The van der Waals surface area contributed by atoms with Gasteiger partial charge in [-0.1, -0.05) is 12.1 Å². The third kappa shape index (κ3) is 6.41. The van der Waals surface area contributed by atoms with Gasteiger partial charge in [0.1, 0.15) is 23.1 Å². The Morgan fingerprint density at radius 2 is 1.55 bits per heavy atom. The molecule has 13 heteroatoms. The minimum absolute atomic E-state index is 0.198. The van der Waals surface area contributed by atoms with Gasteiger partial charge in [0.25, 0.3) is 17.7 Å². The fraction of sp³-hybridized carbons (Fsp3) is 0.286. The van der Waals surface area contributed by atoms with Gasteiger partial charge in [-0.05, 0) is 92.6 Å². The number of ether oxygens (including phenoxy) is 1. The van der Waals surface area contributed by atoms with Gasteiger partial charge in [0.15, 0.2) is 17.4 Å². The molecule has 2 fully saturated rings. The second-order valence-electron chi connectivity index (χ2n) is 14.7. The maximum Gasteiger partial charge on any atom is 0.291 e. The lowest BCUT2D eigenvalue weighted by Crippen LogP contribution is -2.59. The number of aryl methyl sites for hydroxylation is 2. The molecular formula is C42H36F3N5O5. The summed E-state index contributed by atoms with van der Waals surface area (Å²) in [6.07, 6.45) is 5.17. The minimum Gasteiger partial charge on any atom is -0.451 e. The highest BCUT2D eigenvalue weighted by atomic mass is 19.1. The van der Waals surface area contributed by atoms with Crippen molar-refractivity contribution in [3.63, 3.8) is 0 Å². The fourth-order valence-corrected chi connectivity index (χ4v) is 8.21. The lowest BCUT2D eigenvalue weighted by molar-refractivity contribution is -0.000521. The van der Waals surface area contributed by atoms with Gasteiger partial charge in [0.2, 0.25) is 0 Å². The van der Waals surface area contributed by atoms with Crippen molar-refractivity contribution in [2.24, 2.45) is 5.41 Å². The zero-order chi connectivity index (χ0) is 37.8. The summed E-state index contributed by atoms with van der Waals surface area (Å²) in [7, 11) is 0. The molecule has 3 amide bonds. The summed E-state index contributed by atoms with van der Waals surface area (Å²) in [5, 5.41) is 5.16. The first-order chi connectivity index (χ1) is 26.6. The normalized spacial score (nSPS) is 16.8. The van der Waals surface area contributed by atoms with Crippen molar-refractivity contribution >= 4 is 40.6 Å². The Labute approximate surface area is 314 Å². The van der Waals surface area contributed by atoms with E-state index in [-0.39, 0.29) is 29.5 Å². The number of furan rings is 1. The van der Waals surface area contributed by atoms with Crippen molar-refractivity contribution in [3.05, 3.63) is 124 Å². The number of carbonyl (C=O) groups excluding carboxylic acids is 3. The Hall–Kier alpha value is -5.95. The van der Waals surface area contributed by atoms with Gasteiger partial charge < -0.3 is 29.6 Å². The number of amides is 3. The van der Waals surface area contributed by atoms with Crippen LogP contribution in [0.25, 0.3) is 11.3 Å². The predicted octanol–water partition coefficient (Wildman–Crippen LogP) is 7.57. The van der Waals surface area contributed by atoms with Gasteiger partial charge >= 0.3 is 0 Å². The summed E-state index contributed by atoms with van der Waals surface area (Å²) in [5.74, 6) is -4.20. The fourth-order valence-electron chi connectivity index (χ4n) is 8.21. The summed E-state index contributed by atoms with van der Waals surface area (Å²) in [6.45, 7) is 3.49. The summed E-state index contributed by atoms with van der Waals surface area (Å²) >= 11 is 0. The smallest absolute Gasteiger partial charge is 0.291 e. The molecule has 0 radical (unpaired) electrons. The number of nitrogens with zero attached hydrogens (tertiary/aromatic N) is 3. The average molecular weight is 748 g/mol. The molecule has 1 spiro atoms. The molecule has 0 unspecified atom stereocenters. The Bertz CT molecular complexity index is 2340. The third-order valence-electron chi connectivity index (χ3n) is 11.1. The van der Waals surface area contributed by atoms with E-state index in [1.165, 1.54) is 6.07 Å². The van der Waals surface area contributed by atoms with Crippen LogP contribution < -0.4 is 20.4 Å². The molecule has 0 bridgehead atoms. The van der Waals surface area contributed by atoms with E-state index < -0.39 is 29.0 Å². The standard InChI is InChI=1S/C42H36F3N5O5/c43-27-20-31(44)36(32(45)21-27)48-40(52)35-19-26-12-15-50(34-7-2-1-5-29(34)37(26)55-35)41(53)24-8-10-28(11-9-24)46-39(51)30-18-25-4-3-6-33(25)47-38(30)49-22-42(23-49)13-16-54-17-14-42/h1-2,5,7-11,18-21H,3-4,6,12-17,22-23H2,(H,46,51)(H,48,52). The maximum absolute atomic E-state index is 14.2. The van der Waals surface area contributed by atoms with Crippen LogP contribution in [0.4, 0.5) is 36.1 Å². The molecule has 3 aliphatic heterocycles. The van der Waals surface area contributed by atoms with Crippen LogP contribution in [0.5, 0.6) is 0 Å². The first-order valence-corrected chi connectivity index (χ1v) is 18.4. The van der Waals surface area contributed by atoms with E-state index in [0.717, 1.165) is 75.5 Å². The molecule has 10 nitrogen and oxygen atoms in total. The van der Waals surface area contributed by atoms with Crippen molar-refractivity contribution in [2.45, 2.75) is 38.5 Å². The molecule has 0 atom stereocenters. The molecule has 3 aromatic carbocycles. The first kappa shape index (κ1) is 34.8. The summed E-state index contributed by atoms with van der Waals surface area (Å²) in [5.41, 5.74) is 4.82. The van der Waals surface area contributed by atoms with Crippen LogP contribution in [0.1, 0.15) is 67.4 Å². The van der Waals surface area contributed by atoms with Crippen LogP contribution in [0.2, 0.25) is 0 Å². The average Bonchev–Trinajstić information content (AvgIpc) is 3.79. The summed E-state index contributed by atoms with van der Waals surface area (Å²) in [4.78, 5) is 49.7. The van der Waals surface area contributed by atoms with Gasteiger partial charge in [-0.3, -0.25) is 14.4 Å². The van der Waals surface area contributed by atoms with E-state index in [1.54, 1.807) is 53.4 Å². The third-order valence-corrected chi connectivity index (χ3v) is 11.1. The monoisotopic (exact) mass is 747 g/mol. The minimum atomic E-state index is -1.26. The molecule has 0 saturated carbocycles. The van der Waals surface area contributed by atoms with Crippen molar-refractivity contribution in [1.29, 1.82) is 0 Å². The number of carbonyl (C=O) groups is 3. The Morgan fingerprint density at radius 3 is 2.31 bits per heavy atom. The largest absolute Gasteiger partial charge is 0.451 e. The van der Waals surface area contributed by atoms with E-state index in [4.69, 9.17) is 14.1 Å². The van der Waals surface area contributed by atoms with E-state index in [9.17, 15) is 27.6 Å². The quantitative estimate of drug-likeness (QED) is 0.184. The number of pyridine rings is 1. The van der Waals surface area contributed by atoms with E-state index >= 15 is 0 Å². The molecule has 9 rings (SSSR count). The van der Waals surface area contributed by atoms with E-state index in [0.29, 0.717) is 57.9 Å². The number of benzene rings is 3. The van der Waals surface area contributed by atoms with E-state index in [2.05, 4.69) is 15.5 Å². The number of nitrogens with one attached hydrogen (secondary N) is 2. The number of aromatic nitrogens is 1. The Balaban J connectivity index is 0.915. The highest BCUT2D eigenvalue weighted by Gasteiger charge is 2.45. The Kier molecular flexibility index (Phi) is 8.68. The van der Waals surface area contributed by atoms with Crippen LogP contribution in [0, 0.1) is 22.9 Å². The van der Waals surface area contributed by atoms with Crippen LogP contribution in [0.3, 0.4) is 0 Å². The lowest BCUT2D eigenvalue weighted by Gasteiger charge is -2.53. The molecule has 2 aromatic heterocycles. The molecule has 55 heavy (non-hydrogen) atoms. The molecule has 1 aliphatic carbocycles. The summed E-state index contributed by atoms with van der Waals surface area (Å²) in [6, 6.07) is 18.2. The van der Waals surface area contributed by atoms with E-state index in [1.807, 2.05) is 6.07 Å². The van der Waals surface area contributed by atoms with Crippen molar-refractivity contribution in [2.75, 3.05) is 53.3 Å². The number of halogens is 3. The van der Waals surface area contributed by atoms with Gasteiger partial charge in [-0.25, -0.2) is 18.2 Å². The van der Waals surface area contributed by atoms with Gasteiger partial charge in [0, 0.05) is 78.5 Å². The highest BCUT2D eigenvalue weighted by Crippen LogP contribution is 2.43. The van der Waals surface area contributed by atoms with Crippen LogP contribution in [-0.2, 0) is 24.0 Å². The predicted molar refractivity (Wildman–Crippen MR) is 199 cm³/mol. The van der Waals surface area contributed by atoms with Crippen LogP contribution >= 0.6 is 0 Å². The maximum atomic E-state index is 14.2. The second-order valence-corrected chi connectivity index (χ2v) is 14.7. The molecule has 2 N–H and O–H groups in total. The van der Waals surface area contributed by atoms with Crippen molar-refractivity contribution in [3.8, 4) is 11.3 Å². The lowest BCUT2D eigenvalue weighted by atomic mass is 9.73. The number of hydrogen-bond acceptors (Lipinski definition) is 7. The van der Waals surface area contributed by atoms with Gasteiger partial charge in [-0.2, -0.15) is 0 Å².